The van der Waals surface area contributed by atoms with Gasteiger partial charge in [-0.2, -0.15) is 0 Å². The zero-order chi connectivity index (χ0) is 24.8. The van der Waals surface area contributed by atoms with Crippen LogP contribution in [0.4, 0.5) is 15.8 Å². The van der Waals surface area contributed by atoms with E-state index in [0.717, 1.165) is 30.4 Å². The summed E-state index contributed by atoms with van der Waals surface area (Å²) in [6.07, 6.45) is 0.0319. The number of rotatable bonds is 7. The number of anilines is 2. The van der Waals surface area contributed by atoms with Crippen LogP contribution in [0, 0.1) is 5.82 Å². The Morgan fingerprint density at radius 1 is 1.03 bits per heavy atom. The summed E-state index contributed by atoms with van der Waals surface area (Å²) in [7, 11) is 2.78. The molecule has 1 aliphatic rings. The average molecular weight is 479 g/mol. The predicted octanol–water partition coefficient (Wildman–Crippen LogP) is 4.31. The normalized spacial score (nSPS) is 13.3. The van der Waals surface area contributed by atoms with Crippen molar-refractivity contribution < 1.29 is 28.2 Å². The summed E-state index contributed by atoms with van der Waals surface area (Å²) in [4.78, 5) is 27.3. The molecule has 0 bridgehead atoms. The zero-order valence-electron chi connectivity index (χ0n) is 19.7. The lowest BCUT2D eigenvalue weighted by Crippen LogP contribution is -2.36. The average Bonchev–Trinajstić information content (AvgIpc) is 2.89. The second-order valence-electron chi connectivity index (χ2n) is 8.09. The van der Waals surface area contributed by atoms with Crippen molar-refractivity contribution in [1.29, 1.82) is 0 Å². The van der Waals surface area contributed by atoms with Crippen LogP contribution in [-0.2, 0) is 20.7 Å². The Balaban J connectivity index is 1.58. The molecular formula is C27H27FN2O5. The molecule has 0 unspecified atom stereocenters. The molecule has 7 nitrogen and oxygen atoms in total. The maximum atomic E-state index is 15.2. The first-order valence-corrected chi connectivity index (χ1v) is 11.3. The fraction of sp³-hybridized carbons (Fsp3) is 0.259. The number of morpholine rings is 1. The lowest BCUT2D eigenvalue weighted by Gasteiger charge is -2.29. The van der Waals surface area contributed by atoms with Gasteiger partial charge in [0.25, 0.3) is 0 Å². The Morgan fingerprint density at radius 2 is 1.77 bits per heavy atom. The van der Waals surface area contributed by atoms with Crippen LogP contribution in [0.1, 0.15) is 15.9 Å². The molecule has 3 aromatic carbocycles. The van der Waals surface area contributed by atoms with E-state index < -0.39 is 17.7 Å². The van der Waals surface area contributed by atoms with Crippen LogP contribution in [0.2, 0.25) is 0 Å². The standard InChI is InChI=1S/C27H27FN2O5/c1-33-21-5-3-4-18(14-21)15-26(31)29-25-17-24(28)22(16-23(25)27(32)34-2)19-6-8-20(9-7-19)30-10-12-35-13-11-30/h3-9,14,16-17H,10-13,15H2,1-2H3,(H,29,31). The zero-order valence-corrected chi connectivity index (χ0v) is 19.7. The molecule has 0 saturated carbocycles. The van der Waals surface area contributed by atoms with Gasteiger partial charge in [-0.1, -0.05) is 24.3 Å². The second-order valence-corrected chi connectivity index (χ2v) is 8.09. The van der Waals surface area contributed by atoms with Gasteiger partial charge in [-0.15, -0.1) is 0 Å². The lowest BCUT2D eigenvalue weighted by atomic mass is 10.00. The van der Waals surface area contributed by atoms with Gasteiger partial charge in [0.15, 0.2) is 0 Å². The van der Waals surface area contributed by atoms with Crippen molar-refractivity contribution in [2.24, 2.45) is 0 Å². The number of hydrogen-bond acceptors (Lipinski definition) is 6. The maximum Gasteiger partial charge on any atom is 0.340 e. The fourth-order valence-electron chi connectivity index (χ4n) is 4.01. The fourth-order valence-corrected chi connectivity index (χ4v) is 4.01. The van der Waals surface area contributed by atoms with Gasteiger partial charge in [0.2, 0.25) is 5.91 Å². The molecule has 1 fully saturated rings. The SMILES string of the molecule is COC(=O)c1cc(-c2ccc(N3CCOCC3)cc2)c(F)cc1NC(=O)Cc1cccc(OC)c1. The van der Waals surface area contributed by atoms with Gasteiger partial charge < -0.3 is 24.4 Å². The third-order valence-electron chi connectivity index (χ3n) is 5.84. The monoisotopic (exact) mass is 478 g/mol. The molecule has 0 aromatic heterocycles. The Bertz CT molecular complexity index is 1210. The maximum absolute atomic E-state index is 15.2. The van der Waals surface area contributed by atoms with Gasteiger partial charge in [-0.05, 0) is 47.5 Å². The number of hydrogen-bond donors (Lipinski definition) is 1. The minimum atomic E-state index is -0.673. The van der Waals surface area contributed by atoms with Crippen LogP contribution in [-0.4, -0.2) is 52.4 Å². The van der Waals surface area contributed by atoms with E-state index in [4.69, 9.17) is 14.2 Å². The molecule has 8 heteroatoms. The molecule has 0 spiro atoms. The number of esters is 1. The molecule has 1 aliphatic heterocycles. The van der Waals surface area contributed by atoms with E-state index in [0.29, 0.717) is 24.5 Å². The highest BCUT2D eigenvalue weighted by Gasteiger charge is 2.20. The van der Waals surface area contributed by atoms with Crippen LogP contribution >= 0.6 is 0 Å². The van der Waals surface area contributed by atoms with E-state index >= 15 is 4.39 Å². The van der Waals surface area contributed by atoms with Crippen molar-refractivity contribution in [1.82, 2.24) is 0 Å². The van der Waals surface area contributed by atoms with Gasteiger partial charge in [-0.3, -0.25) is 4.79 Å². The van der Waals surface area contributed by atoms with Crippen LogP contribution in [0.3, 0.4) is 0 Å². The van der Waals surface area contributed by atoms with E-state index in [9.17, 15) is 9.59 Å². The molecule has 0 aliphatic carbocycles. The quantitative estimate of drug-likeness (QED) is 0.510. The summed E-state index contributed by atoms with van der Waals surface area (Å²) in [5.41, 5.74) is 2.71. The van der Waals surface area contributed by atoms with Crippen LogP contribution in [0.15, 0.2) is 60.7 Å². The highest BCUT2D eigenvalue weighted by molar-refractivity contribution is 6.03. The molecule has 1 N–H and O–H groups in total. The largest absolute Gasteiger partial charge is 0.497 e. The van der Waals surface area contributed by atoms with Gasteiger partial charge in [0.05, 0.1) is 45.1 Å². The first kappa shape index (κ1) is 24.2. The molecule has 1 amide bonds. The Kier molecular flexibility index (Phi) is 7.62. The van der Waals surface area contributed by atoms with Crippen LogP contribution < -0.4 is 15.0 Å². The number of amides is 1. The summed E-state index contributed by atoms with van der Waals surface area (Å²) in [5.74, 6) is -1.01. The van der Waals surface area contributed by atoms with Crippen molar-refractivity contribution in [3.05, 3.63) is 77.6 Å². The summed E-state index contributed by atoms with van der Waals surface area (Å²) >= 11 is 0. The Morgan fingerprint density at radius 3 is 2.46 bits per heavy atom. The molecule has 4 rings (SSSR count). The number of methoxy groups -OCH3 is 2. The van der Waals surface area contributed by atoms with E-state index in [1.165, 1.54) is 13.2 Å². The lowest BCUT2D eigenvalue weighted by molar-refractivity contribution is -0.115. The molecule has 182 valence electrons. The Labute approximate surface area is 203 Å². The number of ether oxygens (including phenoxy) is 3. The van der Waals surface area contributed by atoms with E-state index in [-0.39, 0.29) is 23.2 Å². The smallest absolute Gasteiger partial charge is 0.340 e. The van der Waals surface area contributed by atoms with Crippen molar-refractivity contribution in [2.75, 3.05) is 50.7 Å². The van der Waals surface area contributed by atoms with E-state index in [1.54, 1.807) is 31.4 Å². The van der Waals surface area contributed by atoms with Crippen LogP contribution in [0.25, 0.3) is 11.1 Å². The summed E-state index contributed by atoms with van der Waals surface area (Å²) in [6, 6.07) is 17.1. The Hall–Kier alpha value is -3.91. The minimum Gasteiger partial charge on any atom is -0.497 e. The number of nitrogens with one attached hydrogen (secondary N) is 1. The van der Waals surface area contributed by atoms with Crippen molar-refractivity contribution in [2.45, 2.75) is 6.42 Å². The van der Waals surface area contributed by atoms with Gasteiger partial charge >= 0.3 is 5.97 Å². The van der Waals surface area contributed by atoms with Crippen molar-refractivity contribution in [3.8, 4) is 16.9 Å². The first-order chi connectivity index (χ1) is 17.0. The molecule has 35 heavy (non-hydrogen) atoms. The molecule has 3 aromatic rings. The third kappa shape index (κ3) is 5.78. The van der Waals surface area contributed by atoms with Crippen molar-refractivity contribution in [3.63, 3.8) is 0 Å². The third-order valence-corrected chi connectivity index (χ3v) is 5.84. The molecular weight excluding hydrogens is 451 g/mol. The minimum absolute atomic E-state index is 0.0319. The van der Waals surface area contributed by atoms with Gasteiger partial charge in [0, 0.05) is 24.3 Å². The molecule has 1 heterocycles. The highest BCUT2D eigenvalue weighted by atomic mass is 19.1. The van der Waals surface area contributed by atoms with Gasteiger partial charge in [0.1, 0.15) is 11.6 Å². The highest BCUT2D eigenvalue weighted by Crippen LogP contribution is 2.31. The topological polar surface area (TPSA) is 77.1 Å². The second kappa shape index (κ2) is 11.0. The molecule has 1 saturated heterocycles. The van der Waals surface area contributed by atoms with Gasteiger partial charge in [-0.25, -0.2) is 9.18 Å². The predicted molar refractivity (Wildman–Crippen MR) is 132 cm³/mol. The summed E-state index contributed by atoms with van der Waals surface area (Å²) in [5, 5.41) is 2.64. The number of halogens is 1. The molecule has 0 radical (unpaired) electrons. The summed E-state index contributed by atoms with van der Waals surface area (Å²) in [6.45, 7) is 2.93. The van der Waals surface area contributed by atoms with E-state index in [2.05, 4.69) is 10.2 Å². The number of carbonyl (C=O) groups is 2. The summed E-state index contributed by atoms with van der Waals surface area (Å²) < 4.78 is 30.6. The van der Waals surface area contributed by atoms with E-state index in [1.807, 2.05) is 24.3 Å². The number of carbonyl (C=O) groups excluding carboxylic acids is 2. The van der Waals surface area contributed by atoms with Crippen molar-refractivity contribution >= 4 is 23.3 Å². The number of benzene rings is 3. The van der Waals surface area contributed by atoms with Crippen LogP contribution in [0.5, 0.6) is 5.75 Å². The first-order valence-electron chi connectivity index (χ1n) is 11.3. The number of nitrogens with zero attached hydrogens (tertiary/aromatic N) is 1. The molecule has 0 atom stereocenters.